The maximum Gasteiger partial charge on any atom is 0.283 e. The number of ether oxygens (including phenoxy) is 2. The van der Waals surface area contributed by atoms with Gasteiger partial charge in [-0.1, -0.05) is 41.4 Å². The van der Waals surface area contributed by atoms with Crippen LogP contribution in [0.15, 0.2) is 83.5 Å². The van der Waals surface area contributed by atoms with Crippen molar-refractivity contribution in [3.05, 3.63) is 88.5 Å². The Morgan fingerprint density at radius 1 is 0.839 bits per heavy atom. The van der Waals surface area contributed by atoms with Crippen molar-refractivity contribution in [3.8, 4) is 17.2 Å². The molecule has 3 aromatic rings. The van der Waals surface area contributed by atoms with Crippen LogP contribution in [0.4, 0.5) is 11.4 Å². The summed E-state index contributed by atoms with van der Waals surface area (Å²) >= 11 is 12.2. The number of anilines is 2. The second-order valence-electron chi connectivity index (χ2n) is 6.52. The van der Waals surface area contributed by atoms with Crippen molar-refractivity contribution in [2.45, 2.75) is 0 Å². The number of benzene rings is 3. The van der Waals surface area contributed by atoms with Gasteiger partial charge in [0.15, 0.2) is 0 Å². The molecule has 31 heavy (non-hydrogen) atoms. The van der Waals surface area contributed by atoms with Crippen LogP contribution in [0.3, 0.4) is 0 Å². The van der Waals surface area contributed by atoms with E-state index in [1.54, 1.807) is 36.4 Å². The topological polar surface area (TPSA) is 67.9 Å². The normalized spacial score (nSPS) is 13.6. The molecule has 0 saturated heterocycles. The Bertz CT molecular complexity index is 1180. The Labute approximate surface area is 188 Å². The zero-order chi connectivity index (χ0) is 22.0. The van der Waals surface area contributed by atoms with Gasteiger partial charge in [0.25, 0.3) is 11.8 Å². The van der Waals surface area contributed by atoms with Gasteiger partial charge >= 0.3 is 0 Å². The number of halogens is 2. The van der Waals surface area contributed by atoms with Gasteiger partial charge in [0, 0.05) is 10.7 Å². The average Bonchev–Trinajstić information content (AvgIpc) is 2.99. The predicted octanol–water partition coefficient (Wildman–Crippen LogP) is 5.58. The maximum absolute atomic E-state index is 13.0. The fourth-order valence-corrected chi connectivity index (χ4v) is 3.42. The van der Waals surface area contributed by atoms with Gasteiger partial charge in [0.2, 0.25) is 0 Å². The van der Waals surface area contributed by atoms with E-state index < -0.39 is 11.8 Å². The number of hydrogen-bond donors (Lipinski definition) is 1. The van der Waals surface area contributed by atoms with Crippen molar-refractivity contribution in [1.29, 1.82) is 0 Å². The molecular formula is C23H16Cl2N2O4. The second kappa shape index (κ2) is 8.71. The van der Waals surface area contributed by atoms with Gasteiger partial charge < -0.3 is 14.8 Å². The smallest absolute Gasteiger partial charge is 0.283 e. The molecule has 4 rings (SSSR count). The van der Waals surface area contributed by atoms with Crippen LogP contribution in [0.2, 0.25) is 5.02 Å². The first kappa shape index (κ1) is 20.8. The average molecular weight is 455 g/mol. The molecule has 0 aliphatic carbocycles. The Morgan fingerprint density at radius 2 is 1.52 bits per heavy atom. The van der Waals surface area contributed by atoms with E-state index in [0.717, 1.165) is 4.90 Å². The number of para-hydroxylation sites is 1. The lowest BCUT2D eigenvalue weighted by Gasteiger charge is -2.18. The Kier molecular flexibility index (Phi) is 5.84. The molecule has 6 nitrogen and oxygen atoms in total. The molecule has 0 unspecified atom stereocenters. The number of amides is 2. The fourth-order valence-electron chi connectivity index (χ4n) is 3.04. The largest absolute Gasteiger partial charge is 0.495 e. The zero-order valence-corrected chi connectivity index (χ0v) is 17.8. The third-order valence-electron chi connectivity index (χ3n) is 4.51. The summed E-state index contributed by atoms with van der Waals surface area (Å²) < 4.78 is 11.0. The van der Waals surface area contributed by atoms with Crippen molar-refractivity contribution < 1.29 is 19.1 Å². The van der Waals surface area contributed by atoms with Crippen molar-refractivity contribution in [2.24, 2.45) is 0 Å². The van der Waals surface area contributed by atoms with Crippen LogP contribution in [0.5, 0.6) is 17.2 Å². The summed E-state index contributed by atoms with van der Waals surface area (Å²) in [6.45, 7) is 0. The van der Waals surface area contributed by atoms with Crippen LogP contribution in [-0.4, -0.2) is 18.9 Å². The molecule has 0 bridgehead atoms. The van der Waals surface area contributed by atoms with Crippen LogP contribution in [0.1, 0.15) is 0 Å². The number of carbonyl (C=O) groups is 2. The summed E-state index contributed by atoms with van der Waals surface area (Å²) in [6.07, 6.45) is 0. The molecule has 156 valence electrons. The molecule has 1 N–H and O–H groups in total. The highest BCUT2D eigenvalue weighted by Gasteiger charge is 2.40. The van der Waals surface area contributed by atoms with Gasteiger partial charge in [-0.3, -0.25) is 9.59 Å². The van der Waals surface area contributed by atoms with E-state index in [0.29, 0.717) is 28.0 Å². The highest BCUT2D eigenvalue weighted by atomic mass is 35.5. The van der Waals surface area contributed by atoms with Gasteiger partial charge in [0.05, 0.1) is 12.8 Å². The molecule has 8 heteroatoms. The van der Waals surface area contributed by atoms with Crippen molar-refractivity contribution in [1.82, 2.24) is 0 Å². The maximum atomic E-state index is 13.0. The summed E-state index contributed by atoms with van der Waals surface area (Å²) in [7, 11) is 1.44. The lowest BCUT2D eigenvalue weighted by Crippen LogP contribution is -2.32. The SMILES string of the molecule is COc1ccc(Cl)cc1N1C(=O)C(Cl)=C(Nc2ccc(Oc3ccccc3)cc2)C1=O. The van der Waals surface area contributed by atoms with E-state index in [4.69, 9.17) is 32.7 Å². The summed E-state index contributed by atoms with van der Waals surface area (Å²) in [6, 6.07) is 20.9. The summed E-state index contributed by atoms with van der Waals surface area (Å²) in [4.78, 5) is 26.6. The lowest BCUT2D eigenvalue weighted by atomic mass is 10.2. The van der Waals surface area contributed by atoms with Crippen LogP contribution in [0.25, 0.3) is 0 Å². The first-order valence-electron chi connectivity index (χ1n) is 9.20. The minimum Gasteiger partial charge on any atom is -0.495 e. The van der Waals surface area contributed by atoms with E-state index in [2.05, 4.69) is 5.32 Å². The highest BCUT2D eigenvalue weighted by molar-refractivity contribution is 6.53. The van der Waals surface area contributed by atoms with Crippen LogP contribution in [-0.2, 0) is 9.59 Å². The molecule has 0 aromatic heterocycles. The first-order chi connectivity index (χ1) is 15.0. The van der Waals surface area contributed by atoms with E-state index in [-0.39, 0.29) is 16.4 Å². The monoisotopic (exact) mass is 454 g/mol. The molecule has 1 heterocycles. The van der Waals surface area contributed by atoms with Gasteiger partial charge in [-0.05, 0) is 54.6 Å². The zero-order valence-electron chi connectivity index (χ0n) is 16.3. The van der Waals surface area contributed by atoms with Gasteiger partial charge in [-0.25, -0.2) is 4.90 Å². The Hall–Kier alpha value is -3.48. The predicted molar refractivity (Wildman–Crippen MR) is 120 cm³/mol. The van der Waals surface area contributed by atoms with Crippen molar-refractivity contribution in [3.63, 3.8) is 0 Å². The van der Waals surface area contributed by atoms with E-state index in [1.807, 2.05) is 30.3 Å². The van der Waals surface area contributed by atoms with Crippen LogP contribution in [0, 0.1) is 0 Å². The van der Waals surface area contributed by atoms with E-state index in [1.165, 1.54) is 13.2 Å². The number of nitrogens with one attached hydrogen (secondary N) is 1. The number of rotatable bonds is 6. The van der Waals surface area contributed by atoms with Crippen molar-refractivity contribution >= 4 is 46.4 Å². The third kappa shape index (κ3) is 4.21. The molecule has 0 radical (unpaired) electrons. The van der Waals surface area contributed by atoms with Crippen LogP contribution < -0.4 is 19.7 Å². The quantitative estimate of drug-likeness (QED) is 0.492. The summed E-state index contributed by atoms with van der Waals surface area (Å²) in [5, 5.41) is 3.04. The molecule has 2 amide bonds. The van der Waals surface area contributed by atoms with E-state index >= 15 is 0 Å². The van der Waals surface area contributed by atoms with Gasteiger partial charge in [-0.2, -0.15) is 0 Å². The van der Waals surface area contributed by atoms with Gasteiger partial charge in [0.1, 0.15) is 28.0 Å². The highest BCUT2D eigenvalue weighted by Crippen LogP contribution is 2.37. The third-order valence-corrected chi connectivity index (χ3v) is 5.10. The number of carbonyl (C=O) groups excluding carboxylic acids is 2. The number of imide groups is 1. The fraction of sp³-hybridized carbons (Fsp3) is 0.0435. The molecule has 1 aliphatic rings. The molecular weight excluding hydrogens is 439 g/mol. The summed E-state index contributed by atoms with van der Waals surface area (Å²) in [5.41, 5.74) is 0.742. The van der Waals surface area contributed by atoms with E-state index in [9.17, 15) is 9.59 Å². The molecule has 3 aromatic carbocycles. The summed E-state index contributed by atoms with van der Waals surface area (Å²) in [5.74, 6) is 0.366. The minimum atomic E-state index is -0.668. The first-order valence-corrected chi connectivity index (χ1v) is 9.95. The Morgan fingerprint density at radius 3 is 2.19 bits per heavy atom. The number of hydrogen-bond acceptors (Lipinski definition) is 5. The second-order valence-corrected chi connectivity index (χ2v) is 7.33. The van der Waals surface area contributed by atoms with Gasteiger partial charge in [-0.15, -0.1) is 0 Å². The Balaban J connectivity index is 1.54. The molecule has 0 spiro atoms. The lowest BCUT2D eigenvalue weighted by molar-refractivity contribution is -0.120. The minimum absolute atomic E-state index is 0.0366. The molecule has 1 aliphatic heterocycles. The number of methoxy groups -OCH3 is 1. The van der Waals surface area contributed by atoms with Crippen LogP contribution >= 0.6 is 23.2 Å². The molecule has 0 atom stereocenters. The molecule has 0 fully saturated rings. The molecule has 0 saturated carbocycles. The van der Waals surface area contributed by atoms with Crippen molar-refractivity contribution in [2.75, 3.05) is 17.3 Å². The standard InChI is InChI=1S/C23H16Cl2N2O4/c1-30-19-12-7-14(24)13-18(19)27-22(28)20(25)21(23(27)29)26-15-8-10-17(11-9-15)31-16-5-3-2-4-6-16/h2-13,26H,1H3. The number of nitrogens with zero attached hydrogens (tertiary/aromatic N) is 1.